The normalized spacial score (nSPS) is 10.4. The van der Waals surface area contributed by atoms with Crippen LogP contribution in [-0.2, 0) is 0 Å². The minimum absolute atomic E-state index is 0.771. The molecule has 3 heteroatoms. The van der Waals surface area contributed by atoms with Crippen LogP contribution in [-0.4, -0.2) is 12.5 Å². The van der Waals surface area contributed by atoms with E-state index in [1.54, 1.807) is 0 Å². The van der Waals surface area contributed by atoms with Crippen molar-refractivity contribution in [3.05, 3.63) is 28.2 Å². The van der Waals surface area contributed by atoms with Gasteiger partial charge in [0.1, 0.15) is 5.75 Å². The van der Waals surface area contributed by atoms with Gasteiger partial charge in [0.15, 0.2) is 0 Å². The lowest BCUT2D eigenvalue weighted by molar-refractivity contribution is 0.305. The largest absolute Gasteiger partial charge is 0.494 e. The molecule has 0 aliphatic carbocycles. The van der Waals surface area contributed by atoms with Gasteiger partial charge in [0, 0.05) is 10.4 Å². The van der Waals surface area contributed by atoms with Gasteiger partial charge in [0.05, 0.1) is 6.61 Å². The van der Waals surface area contributed by atoms with Crippen LogP contribution in [0.15, 0.2) is 22.7 Å². The maximum Gasteiger partial charge on any atom is 0.119 e. The number of ether oxygens (including phenoxy) is 1. The molecule has 0 N–H and O–H groups in total. The van der Waals surface area contributed by atoms with E-state index < -0.39 is 0 Å². The van der Waals surface area contributed by atoms with Crippen LogP contribution in [0.5, 0.6) is 5.75 Å². The SMILES string of the molecule is Cc1cc(OCCCCCCCl)ccc1Br. The van der Waals surface area contributed by atoms with E-state index in [1.807, 2.05) is 12.1 Å². The summed E-state index contributed by atoms with van der Waals surface area (Å²) in [6.07, 6.45) is 4.61. The van der Waals surface area contributed by atoms with Crippen molar-refractivity contribution in [2.45, 2.75) is 32.6 Å². The number of rotatable bonds is 7. The van der Waals surface area contributed by atoms with Crippen molar-refractivity contribution < 1.29 is 4.74 Å². The van der Waals surface area contributed by atoms with Crippen LogP contribution in [0.3, 0.4) is 0 Å². The molecule has 90 valence electrons. The fraction of sp³-hybridized carbons (Fsp3) is 0.538. The molecule has 1 nitrogen and oxygen atoms in total. The Labute approximate surface area is 111 Å². The second kappa shape index (κ2) is 7.97. The lowest BCUT2D eigenvalue weighted by Gasteiger charge is -2.07. The van der Waals surface area contributed by atoms with Gasteiger partial charge in [-0.2, -0.15) is 0 Å². The molecule has 16 heavy (non-hydrogen) atoms. The van der Waals surface area contributed by atoms with E-state index in [-0.39, 0.29) is 0 Å². The lowest BCUT2D eigenvalue weighted by atomic mass is 10.2. The van der Waals surface area contributed by atoms with E-state index >= 15 is 0 Å². The molecule has 1 rings (SSSR count). The quantitative estimate of drug-likeness (QED) is 0.512. The van der Waals surface area contributed by atoms with Crippen molar-refractivity contribution in [3.8, 4) is 5.75 Å². The summed E-state index contributed by atoms with van der Waals surface area (Å²) < 4.78 is 6.80. The molecular formula is C13H18BrClO. The fourth-order valence-electron chi connectivity index (χ4n) is 1.45. The Hall–Kier alpha value is -0.210. The first kappa shape index (κ1) is 13.9. The summed E-state index contributed by atoms with van der Waals surface area (Å²) in [5.74, 6) is 1.73. The monoisotopic (exact) mass is 304 g/mol. The highest BCUT2D eigenvalue weighted by Crippen LogP contribution is 2.21. The van der Waals surface area contributed by atoms with Gasteiger partial charge in [-0.15, -0.1) is 11.6 Å². The van der Waals surface area contributed by atoms with Crippen LogP contribution in [0, 0.1) is 6.92 Å². The first-order chi connectivity index (χ1) is 7.74. The molecule has 0 atom stereocenters. The number of aryl methyl sites for hydroxylation is 1. The molecule has 0 spiro atoms. The first-order valence-corrected chi connectivity index (χ1v) is 7.01. The molecule has 0 fully saturated rings. The molecule has 0 aromatic heterocycles. The molecular weight excluding hydrogens is 287 g/mol. The zero-order valence-corrected chi connectivity index (χ0v) is 12.0. The van der Waals surface area contributed by atoms with Crippen molar-refractivity contribution in [2.24, 2.45) is 0 Å². The van der Waals surface area contributed by atoms with Crippen LogP contribution in [0.25, 0.3) is 0 Å². The van der Waals surface area contributed by atoms with Gasteiger partial charge in [-0.05, 0) is 43.5 Å². The van der Waals surface area contributed by atoms with E-state index in [1.165, 1.54) is 18.4 Å². The molecule has 0 saturated carbocycles. The smallest absolute Gasteiger partial charge is 0.119 e. The van der Waals surface area contributed by atoms with Gasteiger partial charge in [-0.1, -0.05) is 28.8 Å². The summed E-state index contributed by atoms with van der Waals surface area (Å²) in [5, 5.41) is 0. The maximum absolute atomic E-state index is 5.67. The van der Waals surface area contributed by atoms with Crippen molar-refractivity contribution in [3.63, 3.8) is 0 Å². The highest BCUT2D eigenvalue weighted by molar-refractivity contribution is 9.10. The standard InChI is InChI=1S/C13H18BrClO/c1-11-10-12(6-7-13(11)14)16-9-5-3-2-4-8-15/h6-7,10H,2-5,8-9H2,1H3. The van der Waals surface area contributed by atoms with Crippen molar-refractivity contribution in [2.75, 3.05) is 12.5 Å². The summed E-state index contributed by atoms with van der Waals surface area (Å²) in [7, 11) is 0. The molecule has 1 aromatic carbocycles. The number of halogens is 2. The Morgan fingerprint density at radius 1 is 1.19 bits per heavy atom. The van der Waals surface area contributed by atoms with Crippen LogP contribution in [0.4, 0.5) is 0 Å². The van der Waals surface area contributed by atoms with Gasteiger partial charge in [-0.25, -0.2) is 0 Å². The van der Waals surface area contributed by atoms with Gasteiger partial charge in [0.25, 0.3) is 0 Å². The Kier molecular flexibility index (Phi) is 6.90. The zero-order valence-electron chi connectivity index (χ0n) is 9.64. The van der Waals surface area contributed by atoms with Gasteiger partial charge in [-0.3, -0.25) is 0 Å². The molecule has 0 radical (unpaired) electrons. The van der Waals surface area contributed by atoms with Gasteiger partial charge >= 0.3 is 0 Å². The zero-order chi connectivity index (χ0) is 11.8. The number of unbranched alkanes of at least 4 members (excludes halogenated alkanes) is 3. The van der Waals surface area contributed by atoms with E-state index in [0.29, 0.717) is 0 Å². The van der Waals surface area contributed by atoms with Crippen molar-refractivity contribution in [1.82, 2.24) is 0 Å². The van der Waals surface area contributed by atoms with Gasteiger partial charge < -0.3 is 4.74 Å². The van der Waals surface area contributed by atoms with E-state index in [9.17, 15) is 0 Å². The fourth-order valence-corrected chi connectivity index (χ4v) is 1.88. The van der Waals surface area contributed by atoms with Crippen LogP contribution < -0.4 is 4.74 Å². The molecule has 1 aromatic rings. The lowest BCUT2D eigenvalue weighted by Crippen LogP contribution is -1.97. The third-order valence-corrected chi connectivity index (χ3v) is 3.58. The molecule has 0 amide bonds. The predicted molar refractivity (Wildman–Crippen MR) is 73.6 cm³/mol. The third-order valence-electron chi connectivity index (χ3n) is 2.43. The Bertz CT molecular complexity index is 315. The molecule has 0 aliphatic heterocycles. The summed E-state index contributed by atoms with van der Waals surface area (Å²) >= 11 is 9.08. The van der Waals surface area contributed by atoms with Gasteiger partial charge in [0.2, 0.25) is 0 Å². The van der Waals surface area contributed by atoms with Crippen LogP contribution in [0.1, 0.15) is 31.2 Å². The van der Waals surface area contributed by atoms with E-state index in [2.05, 4.69) is 28.9 Å². The maximum atomic E-state index is 5.67. The second-order valence-corrected chi connectivity index (χ2v) is 5.09. The Morgan fingerprint density at radius 2 is 1.94 bits per heavy atom. The predicted octanol–water partition coefficient (Wildman–Crippen LogP) is 4.94. The van der Waals surface area contributed by atoms with Crippen LogP contribution >= 0.6 is 27.5 Å². The number of alkyl halides is 1. The summed E-state index contributed by atoms with van der Waals surface area (Å²) in [5.41, 5.74) is 1.21. The molecule has 0 bridgehead atoms. The van der Waals surface area contributed by atoms with Crippen molar-refractivity contribution >= 4 is 27.5 Å². The number of hydrogen-bond acceptors (Lipinski definition) is 1. The van der Waals surface area contributed by atoms with E-state index in [0.717, 1.165) is 35.6 Å². The molecule has 0 aliphatic rings. The Balaban J connectivity index is 2.19. The highest BCUT2D eigenvalue weighted by atomic mass is 79.9. The minimum atomic E-state index is 0.771. The number of hydrogen-bond donors (Lipinski definition) is 0. The van der Waals surface area contributed by atoms with Crippen molar-refractivity contribution in [1.29, 1.82) is 0 Å². The second-order valence-electron chi connectivity index (χ2n) is 3.86. The summed E-state index contributed by atoms with van der Waals surface area (Å²) in [6.45, 7) is 2.86. The Morgan fingerprint density at radius 3 is 2.62 bits per heavy atom. The highest BCUT2D eigenvalue weighted by Gasteiger charge is 1.98. The van der Waals surface area contributed by atoms with Crippen LogP contribution in [0.2, 0.25) is 0 Å². The third kappa shape index (κ3) is 5.22. The molecule has 0 heterocycles. The average Bonchev–Trinajstić information content (AvgIpc) is 2.28. The minimum Gasteiger partial charge on any atom is -0.494 e. The molecule has 0 saturated heterocycles. The molecule has 0 unspecified atom stereocenters. The van der Waals surface area contributed by atoms with E-state index in [4.69, 9.17) is 16.3 Å². The number of benzene rings is 1. The topological polar surface area (TPSA) is 9.23 Å². The summed E-state index contributed by atoms with van der Waals surface area (Å²) in [6, 6.07) is 6.08. The average molecular weight is 306 g/mol. The first-order valence-electron chi connectivity index (χ1n) is 5.69. The summed E-state index contributed by atoms with van der Waals surface area (Å²) in [4.78, 5) is 0.